The number of benzene rings is 2. The fourth-order valence-corrected chi connectivity index (χ4v) is 2.33. The molecule has 0 saturated heterocycles. The van der Waals surface area contributed by atoms with Crippen molar-refractivity contribution in [1.82, 2.24) is 4.90 Å². The van der Waals surface area contributed by atoms with E-state index in [4.69, 9.17) is 0 Å². The average molecular weight is 310 g/mol. The molecule has 0 bridgehead atoms. The van der Waals surface area contributed by atoms with Crippen molar-refractivity contribution in [1.29, 1.82) is 0 Å². The smallest absolute Gasteiger partial charge is 0.253 e. The number of hydrogen-bond acceptors (Lipinski definition) is 2. The van der Waals surface area contributed by atoms with E-state index >= 15 is 0 Å². The summed E-state index contributed by atoms with van der Waals surface area (Å²) in [6, 6.07) is 16.9. The van der Waals surface area contributed by atoms with Crippen molar-refractivity contribution in [3.05, 3.63) is 65.7 Å². The molecule has 0 fully saturated rings. The van der Waals surface area contributed by atoms with Crippen molar-refractivity contribution in [2.75, 3.05) is 12.4 Å². The molecule has 0 unspecified atom stereocenters. The maximum atomic E-state index is 12.5. The largest absolute Gasteiger partial charge is 0.337 e. The summed E-state index contributed by atoms with van der Waals surface area (Å²) in [7, 11) is 1.78. The highest BCUT2D eigenvalue weighted by Crippen LogP contribution is 2.14. The Hall–Kier alpha value is -2.62. The summed E-state index contributed by atoms with van der Waals surface area (Å²) in [6.07, 6.45) is 1.27. The zero-order valence-corrected chi connectivity index (χ0v) is 13.6. The van der Waals surface area contributed by atoms with Gasteiger partial charge in [-0.1, -0.05) is 43.3 Å². The molecule has 0 aliphatic rings. The van der Waals surface area contributed by atoms with E-state index in [9.17, 15) is 9.59 Å². The lowest BCUT2D eigenvalue weighted by Gasteiger charge is -2.18. The molecule has 4 nitrogen and oxygen atoms in total. The molecule has 23 heavy (non-hydrogen) atoms. The molecule has 120 valence electrons. The molecular weight excluding hydrogens is 288 g/mol. The fraction of sp³-hybridized carbons (Fsp3) is 0.263. The second-order valence-corrected chi connectivity index (χ2v) is 5.53. The first-order valence-electron chi connectivity index (χ1n) is 7.79. The minimum absolute atomic E-state index is 0.0326. The van der Waals surface area contributed by atoms with Crippen LogP contribution in [0, 0.1) is 0 Å². The highest BCUT2D eigenvalue weighted by molar-refractivity contribution is 5.97. The van der Waals surface area contributed by atoms with Gasteiger partial charge in [0.2, 0.25) is 5.91 Å². The molecule has 0 saturated carbocycles. The Morgan fingerprint density at radius 2 is 1.78 bits per heavy atom. The lowest BCUT2D eigenvalue weighted by molar-refractivity contribution is -0.116. The van der Waals surface area contributed by atoms with Crippen LogP contribution >= 0.6 is 0 Å². The first-order chi connectivity index (χ1) is 11.1. The van der Waals surface area contributed by atoms with E-state index in [-0.39, 0.29) is 11.8 Å². The summed E-state index contributed by atoms with van der Waals surface area (Å²) < 4.78 is 0. The third-order valence-corrected chi connectivity index (χ3v) is 3.48. The van der Waals surface area contributed by atoms with E-state index in [2.05, 4.69) is 5.32 Å². The molecule has 0 aliphatic carbocycles. The molecule has 0 radical (unpaired) electrons. The maximum Gasteiger partial charge on any atom is 0.253 e. The number of amides is 2. The maximum absolute atomic E-state index is 12.5. The molecular formula is C19H22N2O2. The summed E-state index contributed by atoms with van der Waals surface area (Å²) in [5, 5.41) is 2.82. The zero-order valence-electron chi connectivity index (χ0n) is 13.6. The first kappa shape index (κ1) is 16.7. The van der Waals surface area contributed by atoms with Gasteiger partial charge >= 0.3 is 0 Å². The number of nitrogens with zero attached hydrogens (tertiary/aromatic N) is 1. The second kappa shape index (κ2) is 8.13. The van der Waals surface area contributed by atoms with Crippen LogP contribution in [-0.2, 0) is 11.3 Å². The topological polar surface area (TPSA) is 49.4 Å². The number of anilines is 1. The highest BCUT2D eigenvalue weighted by atomic mass is 16.2. The molecule has 2 rings (SSSR count). The Morgan fingerprint density at radius 1 is 1.04 bits per heavy atom. The molecule has 2 aromatic rings. The van der Waals surface area contributed by atoms with Crippen molar-refractivity contribution in [2.45, 2.75) is 26.3 Å². The minimum atomic E-state index is -0.0690. The van der Waals surface area contributed by atoms with Crippen LogP contribution in [0.3, 0.4) is 0 Å². The lowest BCUT2D eigenvalue weighted by atomic mass is 10.1. The highest BCUT2D eigenvalue weighted by Gasteiger charge is 2.13. The molecule has 4 heteroatoms. The Bertz CT molecular complexity index is 668. The van der Waals surface area contributed by atoms with Crippen LogP contribution < -0.4 is 5.32 Å². The normalized spacial score (nSPS) is 10.2. The SMILES string of the molecule is CCCC(=O)Nc1cccc(C(=O)N(C)Cc2ccccc2)c1. The molecule has 0 spiro atoms. The third kappa shape index (κ3) is 4.95. The lowest BCUT2D eigenvalue weighted by Crippen LogP contribution is -2.26. The Morgan fingerprint density at radius 3 is 2.48 bits per heavy atom. The molecule has 2 amide bonds. The summed E-state index contributed by atoms with van der Waals surface area (Å²) in [5.74, 6) is -0.102. The molecule has 1 N–H and O–H groups in total. The Labute approximate surface area is 137 Å². The molecule has 0 aliphatic heterocycles. The van der Waals surface area contributed by atoms with Crippen LogP contribution in [0.1, 0.15) is 35.7 Å². The van der Waals surface area contributed by atoms with Gasteiger partial charge < -0.3 is 10.2 Å². The van der Waals surface area contributed by atoms with E-state index in [1.807, 2.05) is 37.3 Å². The number of rotatable bonds is 6. The van der Waals surface area contributed by atoms with Gasteiger partial charge in [-0.2, -0.15) is 0 Å². The van der Waals surface area contributed by atoms with Crippen LogP contribution in [0.2, 0.25) is 0 Å². The van der Waals surface area contributed by atoms with Crippen molar-refractivity contribution in [3.63, 3.8) is 0 Å². The first-order valence-corrected chi connectivity index (χ1v) is 7.79. The predicted molar refractivity (Wildman–Crippen MR) is 92.2 cm³/mol. The summed E-state index contributed by atoms with van der Waals surface area (Å²) in [4.78, 5) is 25.9. The summed E-state index contributed by atoms with van der Waals surface area (Å²) >= 11 is 0. The monoisotopic (exact) mass is 310 g/mol. The van der Waals surface area contributed by atoms with Gasteiger partial charge in [0, 0.05) is 31.3 Å². The van der Waals surface area contributed by atoms with E-state index in [1.54, 1.807) is 36.2 Å². The third-order valence-electron chi connectivity index (χ3n) is 3.48. The van der Waals surface area contributed by atoms with Crippen molar-refractivity contribution >= 4 is 17.5 Å². The van der Waals surface area contributed by atoms with E-state index < -0.39 is 0 Å². The van der Waals surface area contributed by atoms with Gasteiger partial charge in [0.1, 0.15) is 0 Å². The van der Waals surface area contributed by atoms with Crippen molar-refractivity contribution < 1.29 is 9.59 Å². The zero-order chi connectivity index (χ0) is 16.7. The van der Waals surface area contributed by atoms with Gasteiger partial charge in [-0.25, -0.2) is 0 Å². The van der Waals surface area contributed by atoms with Gasteiger partial charge in [-0.3, -0.25) is 9.59 Å². The molecule has 2 aromatic carbocycles. The van der Waals surface area contributed by atoms with Gasteiger partial charge in [-0.05, 0) is 30.2 Å². The van der Waals surface area contributed by atoms with Crippen molar-refractivity contribution in [3.8, 4) is 0 Å². The fourth-order valence-electron chi connectivity index (χ4n) is 2.33. The van der Waals surface area contributed by atoms with Gasteiger partial charge in [-0.15, -0.1) is 0 Å². The number of hydrogen-bond donors (Lipinski definition) is 1. The second-order valence-electron chi connectivity index (χ2n) is 5.53. The molecule has 0 atom stereocenters. The van der Waals surface area contributed by atoms with Gasteiger partial charge in [0.05, 0.1) is 0 Å². The number of carbonyl (C=O) groups excluding carboxylic acids is 2. The molecule has 0 aromatic heterocycles. The predicted octanol–water partition coefficient (Wildman–Crippen LogP) is 3.70. The quantitative estimate of drug-likeness (QED) is 0.884. The van der Waals surface area contributed by atoms with Crippen LogP contribution in [0.5, 0.6) is 0 Å². The average Bonchev–Trinajstić information content (AvgIpc) is 2.55. The summed E-state index contributed by atoms with van der Waals surface area (Å²) in [6.45, 7) is 2.50. The van der Waals surface area contributed by atoms with Crippen LogP contribution in [0.25, 0.3) is 0 Å². The van der Waals surface area contributed by atoms with Gasteiger partial charge in [0.15, 0.2) is 0 Å². The van der Waals surface area contributed by atoms with E-state index in [0.717, 1.165) is 12.0 Å². The molecule has 0 heterocycles. The minimum Gasteiger partial charge on any atom is -0.337 e. The van der Waals surface area contributed by atoms with Crippen LogP contribution in [0.15, 0.2) is 54.6 Å². The van der Waals surface area contributed by atoms with Crippen LogP contribution in [-0.4, -0.2) is 23.8 Å². The standard InChI is InChI=1S/C19H22N2O2/c1-3-8-18(22)20-17-12-7-11-16(13-17)19(23)21(2)14-15-9-5-4-6-10-15/h4-7,9-13H,3,8,14H2,1-2H3,(H,20,22). The summed E-state index contributed by atoms with van der Waals surface area (Å²) in [5.41, 5.74) is 2.30. The Kier molecular flexibility index (Phi) is 5.92. The van der Waals surface area contributed by atoms with Gasteiger partial charge in [0.25, 0.3) is 5.91 Å². The van der Waals surface area contributed by atoms with E-state index in [0.29, 0.717) is 24.2 Å². The van der Waals surface area contributed by atoms with Crippen molar-refractivity contribution in [2.24, 2.45) is 0 Å². The van der Waals surface area contributed by atoms with E-state index in [1.165, 1.54) is 0 Å². The number of nitrogens with one attached hydrogen (secondary N) is 1. The number of carbonyl (C=O) groups is 2. The van der Waals surface area contributed by atoms with Crippen LogP contribution in [0.4, 0.5) is 5.69 Å². The Balaban J connectivity index is 2.05.